The lowest BCUT2D eigenvalue weighted by molar-refractivity contribution is -0.384. The minimum Gasteiger partial charge on any atom is -0.361 e. The third-order valence-corrected chi connectivity index (χ3v) is 2.89. The maximum absolute atomic E-state index is 10.6. The Morgan fingerprint density at radius 1 is 1.39 bits per heavy atom. The van der Waals surface area contributed by atoms with Crippen molar-refractivity contribution in [2.75, 3.05) is 17.7 Å². The van der Waals surface area contributed by atoms with Crippen LogP contribution in [0.5, 0.6) is 0 Å². The van der Waals surface area contributed by atoms with Crippen molar-refractivity contribution in [2.45, 2.75) is 0 Å². The van der Waals surface area contributed by atoms with Gasteiger partial charge in [0.2, 0.25) is 0 Å². The maximum atomic E-state index is 10.6. The van der Waals surface area contributed by atoms with Gasteiger partial charge in [-0.05, 0) is 12.2 Å². The summed E-state index contributed by atoms with van der Waals surface area (Å²) >= 11 is 22.2. The normalized spacial score (nSPS) is 9.94. The Bertz CT molecular complexity index is 461. The van der Waals surface area contributed by atoms with Gasteiger partial charge in [0, 0.05) is 24.6 Å². The van der Waals surface area contributed by atoms with E-state index in [1.54, 1.807) is 0 Å². The van der Waals surface area contributed by atoms with Gasteiger partial charge >= 0.3 is 0 Å². The summed E-state index contributed by atoms with van der Waals surface area (Å²) in [5, 5.41) is 16.7. The zero-order valence-corrected chi connectivity index (χ0v) is 12.0. The molecule has 0 amide bonds. The molecule has 0 aromatic heterocycles. The molecule has 98 valence electrons. The van der Waals surface area contributed by atoms with E-state index in [-0.39, 0.29) is 20.8 Å². The second-order valence-corrected chi connectivity index (χ2v) is 4.71. The SMILES string of the molecule is O=[N+]([O-])c1cc(Cl)c(NC(=S)NCCCl)c(Cl)c1. The topological polar surface area (TPSA) is 67.2 Å². The first-order valence-electron chi connectivity index (χ1n) is 4.70. The number of alkyl halides is 1. The van der Waals surface area contributed by atoms with Crippen LogP contribution in [0.25, 0.3) is 0 Å². The largest absolute Gasteiger partial charge is 0.361 e. The molecular weight excluding hydrogens is 321 g/mol. The molecule has 0 atom stereocenters. The van der Waals surface area contributed by atoms with Crippen LogP contribution in [-0.2, 0) is 0 Å². The Hall–Kier alpha value is -0.820. The number of thiocarbonyl (C=S) groups is 1. The number of nitrogens with one attached hydrogen (secondary N) is 2. The summed E-state index contributed by atoms with van der Waals surface area (Å²) in [6.45, 7) is 0.482. The fourth-order valence-electron chi connectivity index (χ4n) is 1.10. The number of nitro groups is 1. The molecule has 1 rings (SSSR count). The first kappa shape index (κ1) is 15.2. The number of nitrogens with zero attached hydrogens (tertiary/aromatic N) is 1. The number of hydrogen-bond donors (Lipinski definition) is 2. The lowest BCUT2D eigenvalue weighted by atomic mass is 10.3. The number of nitro benzene ring substituents is 1. The van der Waals surface area contributed by atoms with Crippen LogP contribution in [0.1, 0.15) is 0 Å². The minimum absolute atomic E-state index is 0.115. The van der Waals surface area contributed by atoms with Crippen LogP contribution < -0.4 is 10.6 Å². The van der Waals surface area contributed by atoms with Crippen LogP contribution in [0.15, 0.2) is 12.1 Å². The van der Waals surface area contributed by atoms with E-state index in [4.69, 9.17) is 47.0 Å². The van der Waals surface area contributed by atoms with Crippen LogP contribution in [0, 0.1) is 10.1 Å². The van der Waals surface area contributed by atoms with Crippen molar-refractivity contribution in [2.24, 2.45) is 0 Å². The molecule has 9 heteroatoms. The Morgan fingerprint density at radius 3 is 2.39 bits per heavy atom. The first-order chi connectivity index (χ1) is 8.45. The van der Waals surface area contributed by atoms with Crippen molar-refractivity contribution in [3.8, 4) is 0 Å². The van der Waals surface area contributed by atoms with Gasteiger partial charge in [-0.2, -0.15) is 0 Å². The van der Waals surface area contributed by atoms with Crippen molar-refractivity contribution >= 4 is 63.5 Å². The summed E-state index contributed by atoms with van der Waals surface area (Å²) in [6.07, 6.45) is 0. The molecule has 0 spiro atoms. The Balaban J connectivity index is 2.90. The molecule has 18 heavy (non-hydrogen) atoms. The van der Waals surface area contributed by atoms with Crippen LogP contribution in [0.2, 0.25) is 10.0 Å². The fourth-order valence-corrected chi connectivity index (χ4v) is 1.97. The van der Waals surface area contributed by atoms with E-state index in [9.17, 15) is 10.1 Å². The van der Waals surface area contributed by atoms with E-state index in [0.29, 0.717) is 18.1 Å². The summed E-state index contributed by atoms with van der Waals surface area (Å²) in [7, 11) is 0. The number of non-ortho nitro benzene ring substituents is 1. The zero-order chi connectivity index (χ0) is 13.7. The van der Waals surface area contributed by atoms with Crippen LogP contribution in [-0.4, -0.2) is 22.5 Å². The van der Waals surface area contributed by atoms with Gasteiger partial charge < -0.3 is 10.6 Å². The standard InChI is InChI=1S/C9H8Cl3N3O2S/c10-1-2-13-9(18)14-8-6(11)3-5(15(16)17)4-7(8)12/h3-4H,1-2H2,(H2,13,14,18). The molecule has 1 aromatic rings. The van der Waals surface area contributed by atoms with Gasteiger partial charge in [0.25, 0.3) is 5.69 Å². The third-order valence-electron chi connectivity index (χ3n) is 1.86. The number of hydrogen-bond acceptors (Lipinski definition) is 3. The van der Waals surface area contributed by atoms with Crippen LogP contribution in [0.3, 0.4) is 0 Å². The van der Waals surface area contributed by atoms with E-state index in [0.717, 1.165) is 0 Å². The van der Waals surface area contributed by atoms with E-state index >= 15 is 0 Å². The quantitative estimate of drug-likeness (QED) is 0.384. The molecular formula is C9H8Cl3N3O2S. The van der Waals surface area contributed by atoms with E-state index < -0.39 is 4.92 Å². The molecule has 1 aromatic carbocycles. The molecule has 0 saturated heterocycles. The van der Waals surface area contributed by atoms with Crippen molar-refractivity contribution in [1.82, 2.24) is 5.32 Å². The van der Waals surface area contributed by atoms with Gasteiger partial charge in [0.15, 0.2) is 5.11 Å². The lowest BCUT2D eigenvalue weighted by Crippen LogP contribution is -2.30. The second-order valence-electron chi connectivity index (χ2n) is 3.11. The molecule has 0 aliphatic rings. The molecule has 0 fully saturated rings. The first-order valence-corrected chi connectivity index (χ1v) is 6.40. The third kappa shape index (κ3) is 4.13. The van der Waals surface area contributed by atoms with Crippen LogP contribution in [0.4, 0.5) is 11.4 Å². The molecule has 5 nitrogen and oxygen atoms in total. The van der Waals surface area contributed by atoms with E-state index in [1.807, 2.05) is 0 Å². The summed E-state index contributed by atoms with van der Waals surface area (Å²) in [6, 6.07) is 2.39. The second kappa shape index (κ2) is 6.94. The predicted molar refractivity (Wildman–Crippen MR) is 78.1 cm³/mol. The smallest absolute Gasteiger partial charge is 0.272 e. The van der Waals surface area contributed by atoms with Crippen molar-refractivity contribution in [3.05, 3.63) is 32.3 Å². The zero-order valence-electron chi connectivity index (χ0n) is 8.87. The lowest BCUT2D eigenvalue weighted by Gasteiger charge is -2.12. The summed E-state index contributed by atoms with van der Waals surface area (Å²) < 4.78 is 0. The average Bonchev–Trinajstić information content (AvgIpc) is 2.30. The minimum atomic E-state index is -0.578. The van der Waals surface area contributed by atoms with Gasteiger partial charge in [-0.1, -0.05) is 23.2 Å². The Kier molecular flexibility index (Phi) is 5.87. The molecule has 0 saturated carbocycles. The maximum Gasteiger partial charge on any atom is 0.272 e. The molecule has 2 N–H and O–H groups in total. The molecule has 0 bridgehead atoms. The van der Waals surface area contributed by atoms with Gasteiger partial charge in [0.1, 0.15) is 0 Å². The Labute approximate surface area is 124 Å². The summed E-state index contributed by atoms with van der Waals surface area (Å²) in [4.78, 5) is 10.0. The van der Waals surface area contributed by atoms with Crippen molar-refractivity contribution in [1.29, 1.82) is 0 Å². The molecule has 0 radical (unpaired) electrons. The predicted octanol–water partition coefficient (Wildman–Crippen LogP) is 3.43. The van der Waals surface area contributed by atoms with Crippen molar-refractivity contribution < 1.29 is 4.92 Å². The van der Waals surface area contributed by atoms with Gasteiger partial charge in [0.05, 0.1) is 20.7 Å². The van der Waals surface area contributed by atoms with Gasteiger partial charge in [-0.15, -0.1) is 11.6 Å². The number of halogens is 3. The van der Waals surface area contributed by atoms with Gasteiger partial charge in [-0.3, -0.25) is 10.1 Å². The van der Waals surface area contributed by atoms with E-state index in [1.165, 1.54) is 12.1 Å². The number of rotatable bonds is 4. The summed E-state index contributed by atoms with van der Waals surface area (Å²) in [5.41, 5.74) is 0.131. The highest BCUT2D eigenvalue weighted by Gasteiger charge is 2.15. The highest BCUT2D eigenvalue weighted by atomic mass is 35.5. The molecule has 0 aliphatic heterocycles. The highest BCUT2D eigenvalue weighted by molar-refractivity contribution is 7.80. The monoisotopic (exact) mass is 327 g/mol. The Morgan fingerprint density at radius 2 is 1.94 bits per heavy atom. The molecule has 0 unspecified atom stereocenters. The summed E-state index contributed by atoms with van der Waals surface area (Å²) in [5.74, 6) is 0.392. The van der Waals surface area contributed by atoms with Gasteiger partial charge in [-0.25, -0.2) is 0 Å². The highest BCUT2D eigenvalue weighted by Crippen LogP contribution is 2.34. The fraction of sp³-hybridized carbons (Fsp3) is 0.222. The van der Waals surface area contributed by atoms with Crippen molar-refractivity contribution in [3.63, 3.8) is 0 Å². The molecule has 0 heterocycles. The average molecular weight is 329 g/mol. The number of anilines is 1. The molecule has 0 aliphatic carbocycles. The van der Waals surface area contributed by atoms with Crippen LogP contribution >= 0.6 is 47.0 Å². The van der Waals surface area contributed by atoms with E-state index in [2.05, 4.69) is 10.6 Å². The number of benzene rings is 1.